The van der Waals surface area contributed by atoms with Gasteiger partial charge >= 0.3 is 0 Å². The summed E-state index contributed by atoms with van der Waals surface area (Å²) in [4.78, 5) is 0. The SMILES string of the molecule is CCCCCCCCC1(CCCCCCCC)c2cc3c(cc2-c2cc4c(cc21)-c1c(cc(-c2ccc(-c5cc(C)c(-c6ccc7c(c6)C(C)(C)c6ccccc6-7)cc5C)cc2)c2ccccc12)C4(C)C)C(C)(C)c1cc(-c2ccc(-c4cc(C)c(-c5ccc6c(c5)C(C)(C)c5ccccc5-6)cc4C)cc2)c2ccccc2c1-3. The predicted octanol–water partition coefficient (Wildman–Crippen LogP) is 32.2. The molecule has 562 valence electrons. The van der Waals surface area contributed by atoms with Gasteiger partial charge in [0.15, 0.2) is 0 Å². The third-order valence-electron chi connectivity index (χ3n) is 28.8. The van der Waals surface area contributed by atoms with E-state index < -0.39 is 0 Å². The standard InChI is InChI=1S/C113H110/c1-15-17-19-21-23-33-55-113(56-34-24-22-20-18-16-2)103-67-95-101(111(11,12)105-63-91(79-35-25-27-39-85(79)107(95)105)75-47-43-73(44-48-75)87-57-71(5)89(59-69(87)3)77-51-53-83-81-37-29-31-41-97(81)109(7,8)99(83)61-77)65-93(103)94-66-102-96(68-104(94)113)108-86-40-28-26-36-80(86)92(64-106(108)112(102,13)14)76-49-45-74(46-50-76)88-58-72(6)90(60-70(88)4)78-52-54-84-82-38-30-32-42-98(82)110(9,10)100(84)62-78/h25-32,35-54,57-68H,15-24,33-34,55-56H2,1-14H3. The molecule has 113 heavy (non-hydrogen) atoms. The van der Waals surface area contributed by atoms with E-state index in [2.05, 4.69) is 340 Å². The van der Waals surface area contributed by atoms with Crippen LogP contribution in [0.3, 0.4) is 0 Å². The van der Waals surface area contributed by atoms with Crippen LogP contribution in [0, 0.1) is 27.7 Å². The summed E-state index contributed by atoms with van der Waals surface area (Å²) in [5.74, 6) is 0. The van der Waals surface area contributed by atoms with Crippen molar-refractivity contribution >= 4 is 21.5 Å². The smallest absolute Gasteiger partial charge is 0.0215 e. The average Bonchev–Trinajstić information content (AvgIpc) is 1.52. The fourth-order valence-electron chi connectivity index (χ4n) is 22.5. The molecule has 0 unspecified atom stereocenters. The van der Waals surface area contributed by atoms with Gasteiger partial charge in [-0.2, -0.15) is 0 Å². The zero-order valence-electron chi connectivity index (χ0n) is 69.5. The van der Waals surface area contributed by atoms with Gasteiger partial charge in [-0.15, -0.1) is 0 Å². The lowest BCUT2D eigenvalue weighted by atomic mass is 9.69. The second-order valence-corrected chi connectivity index (χ2v) is 37.0. The molecule has 0 nitrogen and oxygen atoms in total. The third kappa shape index (κ3) is 11.4. The fraction of sp³-hybridized carbons (Fsp3) is 0.292. The predicted molar refractivity (Wildman–Crippen MR) is 485 cm³/mol. The minimum Gasteiger partial charge on any atom is -0.0654 e. The highest BCUT2D eigenvalue weighted by atomic mass is 14.5. The topological polar surface area (TPSA) is 0 Å². The van der Waals surface area contributed by atoms with Crippen molar-refractivity contribution in [1.29, 1.82) is 0 Å². The van der Waals surface area contributed by atoms with Crippen LogP contribution in [-0.4, -0.2) is 0 Å². The monoisotopic (exact) mass is 1470 g/mol. The van der Waals surface area contributed by atoms with Crippen LogP contribution in [0.15, 0.2) is 243 Å². The zero-order chi connectivity index (χ0) is 77.8. The minimum atomic E-state index is -0.256. The van der Waals surface area contributed by atoms with Crippen molar-refractivity contribution in [2.75, 3.05) is 0 Å². The highest BCUT2D eigenvalue weighted by Crippen LogP contribution is 2.64. The van der Waals surface area contributed by atoms with Crippen molar-refractivity contribution in [1.82, 2.24) is 0 Å². The zero-order valence-corrected chi connectivity index (χ0v) is 69.5. The molecule has 19 rings (SSSR count). The van der Waals surface area contributed by atoms with Crippen molar-refractivity contribution in [2.45, 2.75) is 214 Å². The molecular weight excluding hydrogens is 1360 g/mol. The molecule has 0 spiro atoms. The largest absolute Gasteiger partial charge is 0.0654 e. The molecule has 5 aliphatic rings. The lowest BCUT2D eigenvalue weighted by Crippen LogP contribution is -2.26. The van der Waals surface area contributed by atoms with Crippen molar-refractivity contribution in [2.24, 2.45) is 0 Å². The molecule has 0 bridgehead atoms. The summed E-state index contributed by atoms with van der Waals surface area (Å²) in [7, 11) is 0. The number of unbranched alkanes of at least 4 members (excludes halogenated alkanes) is 10. The number of hydrogen-bond acceptors (Lipinski definition) is 0. The molecule has 14 aromatic rings. The Hall–Kier alpha value is -10.4. The van der Waals surface area contributed by atoms with Crippen molar-refractivity contribution in [3.63, 3.8) is 0 Å². The molecule has 0 aromatic heterocycles. The van der Waals surface area contributed by atoms with Gasteiger partial charge in [-0.3, -0.25) is 0 Å². The van der Waals surface area contributed by atoms with Gasteiger partial charge in [-0.1, -0.05) is 340 Å². The summed E-state index contributed by atoms with van der Waals surface area (Å²) in [6.45, 7) is 33.6. The maximum absolute atomic E-state index is 2.80. The van der Waals surface area contributed by atoms with Gasteiger partial charge in [-0.05, 0) is 311 Å². The quantitative estimate of drug-likeness (QED) is 0.0667. The van der Waals surface area contributed by atoms with E-state index in [4.69, 9.17) is 0 Å². The number of benzene rings is 14. The van der Waals surface area contributed by atoms with Crippen LogP contribution in [0.5, 0.6) is 0 Å². The first-order valence-corrected chi connectivity index (χ1v) is 43.1. The number of hydrogen-bond donors (Lipinski definition) is 0. The highest BCUT2D eigenvalue weighted by Gasteiger charge is 2.49. The Bertz CT molecular complexity index is 5840. The van der Waals surface area contributed by atoms with Crippen LogP contribution >= 0.6 is 0 Å². The summed E-state index contributed by atoms with van der Waals surface area (Å²) in [5.41, 5.74) is 48.8. The number of rotatable bonds is 20. The molecule has 0 amide bonds. The number of fused-ring (bicyclic) bond motifs is 19. The van der Waals surface area contributed by atoms with Crippen molar-refractivity contribution in [3.8, 4) is 122 Å². The molecular formula is C113H110. The summed E-state index contributed by atoms with van der Waals surface area (Å²) in [5, 5.41) is 5.38. The van der Waals surface area contributed by atoms with Crippen LogP contribution in [0.25, 0.3) is 144 Å². The van der Waals surface area contributed by atoms with E-state index in [1.807, 2.05) is 0 Å². The van der Waals surface area contributed by atoms with Crippen LogP contribution in [0.1, 0.15) is 237 Å². The van der Waals surface area contributed by atoms with Gasteiger partial charge in [0.05, 0.1) is 0 Å². The van der Waals surface area contributed by atoms with Crippen LogP contribution in [0.4, 0.5) is 0 Å². The Morgan fingerprint density at radius 1 is 0.195 bits per heavy atom. The molecule has 0 saturated heterocycles. The normalized spacial score (nSPS) is 15.3. The molecule has 5 aliphatic carbocycles. The molecule has 0 radical (unpaired) electrons. The molecule has 0 atom stereocenters. The molecule has 14 aromatic carbocycles. The van der Waals surface area contributed by atoms with Gasteiger partial charge in [0.1, 0.15) is 0 Å². The first-order chi connectivity index (χ1) is 54.6. The lowest BCUT2D eigenvalue weighted by Gasteiger charge is -2.34. The van der Waals surface area contributed by atoms with Crippen molar-refractivity contribution in [3.05, 3.63) is 321 Å². The summed E-state index contributed by atoms with van der Waals surface area (Å²) >= 11 is 0. The van der Waals surface area contributed by atoms with E-state index in [0.29, 0.717) is 0 Å². The molecule has 0 heterocycles. The maximum atomic E-state index is 2.80. The summed E-state index contributed by atoms with van der Waals surface area (Å²) in [6, 6.07) is 96.4. The first-order valence-electron chi connectivity index (χ1n) is 43.1. The Morgan fingerprint density at radius 2 is 0.469 bits per heavy atom. The molecule has 0 fully saturated rings. The van der Waals surface area contributed by atoms with Gasteiger partial charge in [-0.25, -0.2) is 0 Å². The van der Waals surface area contributed by atoms with Crippen LogP contribution in [-0.2, 0) is 27.1 Å². The molecule has 0 aliphatic heterocycles. The Labute approximate surface area is 673 Å². The minimum absolute atomic E-state index is 0.0430. The summed E-state index contributed by atoms with van der Waals surface area (Å²) in [6.07, 6.45) is 17.8. The summed E-state index contributed by atoms with van der Waals surface area (Å²) < 4.78 is 0. The highest BCUT2D eigenvalue weighted by molar-refractivity contribution is 6.12. The second-order valence-electron chi connectivity index (χ2n) is 37.0. The van der Waals surface area contributed by atoms with Crippen LogP contribution in [0.2, 0.25) is 0 Å². The van der Waals surface area contributed by atoms with Crippen LogP contribution < -0.4 is 0 Å². The van der Waals surface area contributed by atoms with E-state index in [0.717, 1.165) is 0 Å². The van der Waals surface area contributed by atoms with Gasteiger partial charge in [0, 0.05) is 27.1 Å². The Kier molecular flexibility index (Phi) is 17.7. The van der Waals surface area contributed by atoms with E-state index in [-0.39, 0.29) is 27.1 Å². The van der Waals surface area contributed by atoms with E-state index in [1.165, 1.54) is 301 Å². The maximum Gasteiger partial charge on any atom is 0.0215 e. The molecule has 0 heteroatoms. The average molecular weight is 1470 g/mol. The van der Waals surface area contributed by atoms with Gasteiger partial charge in [0.2, 0.25) is 0 Å². The number of aryl methyl sites for hydroxylation is 4. The molecule has 0 N–H and O–H groups in total. The Morgan fingerprint density at radius 3 is 0.850 bits per heavy atom. The van der Waals surface area contributed by atoms with Gasteiger partial charge in [0.25, 0.3) is 0 Å². The van der Waals surface area contributed by atoms with Crippen molar-refractivity contribution < 1.29 is 0 Å². The van der Waals surface area contributed by atoms with E-state index >= 15 is 0 Å². The van der Waals surface area contributed by atoms with E-state index in [9.17, 15) is 0 Å². The first kappa shape index (κ1) is 72.8. The molecule has 0 saturated carbocycles. The Balaban J connectivity index is 0.684. The van der Waals surface area contributed by atoms with Gasteiger partial charge < -0.3 is 0 Å². The third-order valence-corrected chi connectivity index (χ3v) is 28.8. The fourth-order valence-corrected chi connectivity index (χ4v) is 22.5. The van der Waals surface area contributed by atoms with E-state index in [1.54, 1.807) is 11.1 Å². The lowest BCUT2D eigenvalue weighted by molar-refractivity contribution is 0.398. The second kappa shape index (κ2) is 27.4.